The summed E-state index contributed by atoms with van der Waals surface area (Å²) in [6.45, 7) is 2.04. The molecule has 2 aromatic rings. The lowest BCUT2D eigenvalue weighted by molar-refractivity contribution is 1.13. The first-order chi connectivity index (χ1) is 7.58. The highest BCUT2D eigenvalue weighted by atomic mass is 32.1. The van der Waals surface area contributed by atoms with Crippen molar-refractivity contribution in [1.29, 1.82) is 0 Å². The van der Waals surface area contributed by atoms with Gasteiger partial charge in [-0.2, -0.15) is 0 Å². The van der Waals surface area contributed by atoms with Gasteiger partial charge in [0, 0.05) is 30.2 Å². The first-order valence-electron chi connectivity index (χ1n) is 5.08. The van der Waals surface area contributed by atoms with Crippen molar-refractivity contribution in [2.45, 2.75) is 6.92 Å². The Hall–Kier alpha value is -1.55. The summed E-state index contributed by atoms with van der Waals surface area (Å²) in [5.74, 6) is 0. The highest BCUT2D eigenvalue weighted by Gasteiger charge is 2.07. The quantitative estimate of drug-likeness (QED) is 0.867. The summed E-state index contributed by atoms with van der Waals surface area (Å²) in [4.78, 5) is 7.58. The van der Waals surface area contributed by atoms with Crippen molar-refractivity contribution in [2.75, 3.05) is 24.7 Å². The topological polar surface area (TPSA) is 42.1 Å². The lowest BCUT2D eigenvalue weighted by Gasteiger charge is -2.12. The molecule has 0 amide bonds. The Labute approximate surface area is 99.5 Å². The third-order valence-corrected chi connectivity index (χ3v) is 3.27. The van der Waals surface area contributed by atoms with Crippen molar-refractivity contribution in [3.8, 4) is 11.3 Å². The Balaban J connectivity index is 2.38. The van der Waals surface area contributed by atoms with E-state index in [0.717, 1.165) is 16.1 Å². The fourth-order valence-electron chi connectivity index (χ4n) is 1.60. The third-order valence-electron chi connectivity index (χ3n) is 2.47. The van der Waals surface area contributed by atoms with Crippen LogP contribution in [0.25, 0.3) is 11.3 Å². The second-order valence-corrected chi connectivity index (χ2v) is 5.13. The van der Waals surface area contributed by atoms with Crippen LogP contribution in [0, 0.1) is 6.92 Å². The van der Waals surface area contributed by atoms with E-state index in [-0.39, 0.29) is 0 Å². The number of nitrogens with zero attached hydrogens (tertiary/aromatic N) is 2. The van der Waals surface area contributed by atoms with Gasteiger partial charge in [0.05, 0.1) is 5.69 Å². The number of nitrogen functional groups attached to an aromatic ring is 1. The lowest BCUT2D eigenvalue weighted by Crippen LogP contribution is -2.07. The number of hydrogen-bond donors (Lipinski definition) is 1. The van der Waals surface area contributed by atoms with Crippen molar-refractivity contribution >= 4 is 22.2 Å². The number of aryl methyl sites for hydroxylation is 1. The maximum absolute atomic E-state index is 5.69. The molecule has 84 valence electrons. The van der Waals surface area contributed by atoms with Gasteiger partial charge >= 0.3 is 0 Å². The molecule has 2 N–H and O–H groups in total. The van der Waals surface area contributed by atoms with E-state index in [4.69, 9.17) is 5.73 Å². The van der Waals surface area contributed by atoms with Crippen molar-refractivity contribution in [1.82, 2.24) is 4.98 Å². The van der Waals surface area contributed by atoms with E-state index >= 15 is 0 Å². The van der Waals surface area contributed by atoms with Crippen molar-refractivity contribution in [3.63, 3.8) is 0 Å². The van der Waals surface area contributed by atoms with E-state index < -0.39 is 0 Å². The molecule has 1 heterocycles. The first kappa shape index (κ1) is 11.0. The molecular weight excluding hydrogens is 218 g/mol. The molecule has 0 radical (unpaired) electrons. The molecule has 4 heteroatoms. The van der Waals surface area contributed by atoms with Crippen LogP contribution >= 0.6 is 11.3 Å². The van der Waals surface area contributed by atoms with Gasteiger partial charge in [0.15, 0.2) is 5.13 Å². The summed E-state index contributed by atoms with van der Waals surface area (Å²) in [6.07, 6.45) is 0. The van der Waals surface area contributed by atoms with Crippen LogP contribution in [0.2, 0.25) is 0 Å². The second kappa shape index (κ2) is 4.14. The van der Waals surface area contributed by atoms with Gasteiger partial charge < -0.3 is 10.6 Å². The number of anilines is 2. The molecular formula is C12H15N3S. The molecule has 0 aliphatic rings. The Morgan fingerprint density at radius 2 is 1.81 bits per heavy atom. The van der Waals surface area contributed by atoms with Gasteiger partial charge in [-0.1, -0.05) is 12.1 Å². The van der Waals surface area contributed by atoms with Crippen LogP contribution in [0.4, 0.5) is 10.8 Å². The van der Waals surface area contributed by atoms with Crippen LogP contribution < -0.4 is 10.6 Å². The minimum absolute atomic E-state index is 0.629. The standard InChI is InChI=1S/C12H15N3S/c1-8-11(14-12(13)16-8)9-4-6-10(7-5-9)15(2)3/h4-7H,1-3H3,(H2,13,14). The molecule has 1 aromatic heterocycles. The molecule has 0 spiro atoms. The molecule has 16 heavy (non-hydrogen) atoms. The zero-order chi connectivity index (χ0) is 11.7. The maximum Gasteiger partial charge on any atom is 0.180 e. The molecule has 2 rings (SSSR count). The number of nitrogens with two attached hydrogens (primary N) is 1. The predicted molar refractivity (Wildman–Crippen MR) is 71.0 cm³/mol. The SMILES string of the molecule is Cc1sc(N)nc1-c1ccc(N(C)C)cc1. The molecule has 0 unspecified atom stereocenters. The normalized spacial score (nSPS) is 10.4. The average molecular weight is 233 g/mol. The third kappa shape index (κ3) is 2.02. The number of hydrogen-bond acceptors (Lipinski definition) is 4. The molecule has 0 saturated carbocycles. The second-order valence-electron chi connectivity index (χ2n) is 3.90. The summed E-state index contributed by atoms with van der Waals surface area (Å²) < 4.78 is 0. The highest BCUT2D eigenvalue weighted by molar-refractivity contribution is 7.15. The van der Waals surface area contributed by atoms with Crippen LogP contribution in [0.1, 0.15) is 4.88 Å². The van der Waals surface area contributed by atoms with E-state index in [9.17, 15) is 0 Å². The van der Waals surface area contributed by atoms with E-state index in [1.807, 2.05) is 21.0 Å². The maximum atomic E-state index is 5.69. The Bertz CT molecular complexity index is 485. The molecule has 0 aliphatic heterocycles. The fraction of sp³-hybridized carbons (Fsp3) is 0.250. The summed E-state index contributed by atoms with van der Waals surface area (Å²) in [5, 5.41) is 0.629. The van der Waals surface area contributed by atoms with E-state index in [0.29, 0.717) is 5.13 Å². The molecule has 0 atom stereocenters. The van der Waals surface area contributed by atoms with Crippen molar-refractivity contribution in [3.05, 3.63) is 29.1 Å². The van der Waals surface area contributed by atoms with E-state index in [1.54, 1.807) is 0 Å². The predicted octanol–water partition coefficient (Wildman–Crippen LogP) is 2.77. The number of thiazole rings is 1. The van der Waals surface area contributed by atoms with Crippen LogP contribution in [0.3, 0.4) is 0 Å². The molecule has 0 bridgehead atoms. The molecule has 0 fully saturated rings. The van der Waals surface area contributed by atoms with Gasteiger partial charge in [0.2, 0.25) is 0 Å². The molecule has 1 aromatic carbocycles. The number of aromatic nitrogens is 1. The highest BCUT2D eigenvalue weighted by Crippen LogP contribution is 2.29. The summed E-state index contributed by atoms with van der Waals surface area (Å²) in [5.41, 5.74) is 8.99. The van der Waals surface area contributed by atoms with Crippen LogP contribution in [0.5, 0.6) is 0 Å². The monoisotopic (exact) mass is 233 g/mol. The summed E-state index contributed by atoms with van der Waals surface area (Å²) >= 11 is 1.53. The molecule has 0 saturated heterocycles. The van der Waals surface area contributed by atoms with E-state index in [2.05, 4.69) is 34.1 Å². The minimum atomic E-state index is 0.629. The zero-order valence-corrected chi connectivity index (χ0v) is 10.5. The summed E-state index contributed by atoms with van der Waals surface area (Å²) in [7, 11) is 4.06. The Kier molecular flexibility index (Phi) is 2.83. The van der Waals surface area contributed by atoms with Gasteiger partial charge in [0.25, 0.3) is 0 Å². The Morgan fingerprint density at radius 1 is 1.19 bits per heavy atom. The minimum Gasteiger partial charge on any atom is -0.378 e. The van der Waals surface area contributed by atoms with Gasteiger partial charge in [-0.15, -0.1) is 11.3 Å². The van der Waals surface area contributed by atoms with Gasteiger partial charge in [-0.3, -0.25) is 0 Å². The lowest BCUT2D eigenvalue weighted by atomic mass is 10.1. The van der Waals surface area contributed by atoms with Crippen molar-refractivity contribution in [2.24, 2.45) is 0 Å². The van der Waals surface area contributed by atoms with Crippen LogP contribution in [-0.2, 0) is 0 Å². The van der Waals surface area contributed by atoms with Crippen LogP contribution in [-0.4, -0.2) is 19.1 Å². The van der Waals surface area contributed by atoms with Crippen LogP contribution in [0.15, 0.2) is 24.3 Å². The van der Waals surface area contributed by atoms with Gasteiger partial charge in [-0.25, -0.2) is 4.98 Å². The molecule has 0 aliphatic carbocycles. The number of rotatable bonds is 2. The van der Waals surface area contributed by atoms with Gasteiger partial charge in [0.1, 0.15) is 0 Å². The summed E-state index contributed by atoms with van der Waals surface area (Å²) in [6, 6.07) is 8.34. The van der Waals surface area contributed by atoms with Gasteiger partial charge in [-0.05, 0) is 19.1 Å². The van der Waals surface area contributed by atoms with Crippen molar-refractivity contribution < 1.29 is 0 Å². The largest absolute Gasteiger partial charge is 0.378 e. The Morgan fingerprint density at radius 3 is 2.25 bits per heavy atom. The molecule has 3 nitrogen and oxygen atoms in total. The average Bonchev–Trinajstić information content (AvgIpc) is 2.58. The van der Waals surface area contributed by atoms with E-state index in [1.165, 1.54) is 17.0 Å². The smallest absolute Gasteiger partial charge is 0.180 e. The zero-order valence-electron chi connectivity index (χ0n) is 9.69. The fourth-order valence-corrected chi connectivity index (χ4v) is 2.31. The first-order valence-corrected chi connectivity index (χ1v) is 5.90. The number of benzene rings is 1.